The van der Waals surface area contributed by atoms with Crippen LogP contribution in [0.4, 0.5) is 5.69 Å². The lowest BCUT2D eigenvalue weighted by atomic mass is 10.1. The average molecular weight is 412 g/mol. The molecule has 2 heterocycles. The molecule has 0 fully saturated rings. The summed E-state index contributed by atoms with van der Waals surface area (Å²) in [6, 6.07) is 13.0. The molecular formula is C19H14BrN3O3. The Kier molecular flexibility index (Phi) is 4.08. The van der Waals surface area contributed by atoms with Gasteiger partial charge in [-0.1, -0.05) is 24.3 Å². The van der Waals surface area contributed by atoms with E-state index in [0.717, 1.165) is 26.7 Å². The zero-order chi connectivity index (χ0) is 18.3. The monoisotopic (exact) mass is 411 g/mol. The Morgan fingerprint density at radius 2 is 2.08 bits per heavy atom. The lowest BCUT2D eigenvalue weighted by Crippen LogP contribution is -2.37. The average Bonchev–Trinajstić information content (AvgIpc) is 3.08. The van der Waals surface area contributed by atoms with Crippen LogP contribution in [0.1, 0.15) is 21.9 Å². The van der Waals surface area contributed by atoms with Gasteiger partial charge in [-0.15, -0.1) is 0 Å². The second kappa shape index (κ2) is 6.42. The minimum atomic E-state index is -0.387. The highest BCUT2D eigenvalue weighted by Gasteiger charge is 2.30. The third-order valence-electron chi connectivity index (χ3n) is 4.21. The van der Waals surface area contributed by atoms with Crippen molar-refractivity contribution in [3.63, 3.8) is 0 Å². The molecule has 1 aromatic heterocycles. The van der Waals surface area contributed by atoms with Crippen LogP contribution in [0.25, 0.3) is 10.8 Å². The summed E-state index contributed by atoms with van der Waals surface area (Å²) in [5.74, 6) is 0.679. The number of hydrogen-bond donors (Lipinski definition) is 1. The Morgan fingerprint density at radius 3 is 2.81 bits per heavy atom. The number of furan rings is 1. The number of carbonyl (C=O) groups excluding carboxylic acids is 2. The molecule has 4 rings (SSSR count). The quantitative estimate of drug-likeness (QED) is 0.526. The van der Waals surface area contributed by atoms with Crippen LogP contribution in [0.15, 0.2) is 56.5 Å². The lowest BCUT2D eigenvalue weighted by Gasteiger charge is -2.16. The number of benzene rings is 2. The number of anilines is 1. The van der Waals surface area contributed by atoms with E-state index in [0.29, 0.717) is 11.3 Å². The molecule has 3 aromatic rings. The second-order valence-electron chi connectivity index (χ2n) is 5.92. The first-order chi connectivity index (χ1) is 12.5. The summed E-state index contributed by atoms with van der Waals surface area (Å²) in [5, 5.41) is 5.75. The maximum absolute atomic E-state index is 12.6. The predicted molar refractivity (Wildman–Crippen MR) is 103 cm³/mol. The summed E-state index contributed by atoms with van der Waals surface area (Å²) < 4.78 is 6.25. The predicted octanol–water partition coefficient (Wildman–Crippen LogP) is 3.61. The minimum Gasteiger partial charge on any atom is -0.459 e. The SMILES string of the molecule is Cc1oc(/C=N/NC(=O)CN2C(=O)c3cccc4cccc2c34)cc1Br. The van der Waals surface area contributed by atoms with Crippen molar-refractivity contribution in [1.82, 2.24) is 5.43 Å². The van der Waals surface area contributed by atoms with Crippen molar-refractivity contribution in [2.45, 2.75) is 6.92 Å². The zero-order valence-corrected chi connectivity index (χ0v) is 15.4. The van der Waals surface area contributed by atoms with Crippen LogP contribution in [0.3, 0.4) is 0 Å². The van der Waals surface area contributed by atoms with Crippen LogP contribution in [-0.2, 0) is 4.79 Å². The minimum absolute atomic E-state index is 0.106. The summed E-state index contributed by atoms with van der Waals surface area (Å²) in [6.07, 6.45) is 1.41. The Morgan fingerprint density at radius 1 is 1.31 bits per heavy atom. The first kappa shape index (κ1) is 16.5. The lowest BCUT2D eigenvalue weighted by molar-refractivity contribution is -0.119. The highest BCUT2D eigenvalue weighted by Crippen LogP contribution is 2.36. The fraction of sp³-hybridized carbons (Fsp3) is 0.105. The van der Waals surface area contributed by atoms with Gasteiger partial charge in [0.15, 0.2) is 0 Å². The third-order valence-corrected chi connectivity index (χ3v) is 5.00. The first-order valence-electron chi connectivity index (χ1n) is 7.96. The molecule has 0 saturated carbocycles. The van der Waals surface area contributed by atoms with Crippen LogP contribution >= 0.6 is 15.9 Å². The molecule has 0 aliphatic carbocycles. The molecule has 1 aliphatic rings. The summed E-state index contributed by atoms with van der Waals surface area (Å²) in [4.78, 5) is 26.3. The smallest absolute Gasteiger partial charge is 0.260 e. The Balaban J connectivity index is 1.49. The van der Waals surface area contributed by atoms with Crippen LogP contribution in [-0.4, -0.2) is 24.6 Å². The van der Waals surface area contributed by atoms with Crippen molar-refractivity contribution in [1.29, 1.82) is 0 Å². The fourth-order valence-corrected chi connectivity index (χ4v) is 3.33. The van der Waals surface area contributed by atoms with Crippen LogP contribution in [0, 0.1) is 6.92 Å². The summed E-state index contributed by atoms with van der Waals surface area (Å²) >= 11 is 3.34. The summed E-state index contributed by atoms with van der Waals surface area (Å²) in [5.41, 5.74) is 3.79. The molecule has 6 nitrogen and oxygen atoms in total. The van der Waals surface area contributed by atoms with Crippen LogP contribution in [0.5, 0.6) is 0 Å². The van der Waals surface area contributed by atoms with Crippen molar-refractivity contribution in [2.24, 2.45) is 5.10 Å². The van der Waals surface area contributed by atoms with Gasteiger partial charge in [-0.05, 0) is 40.4 Å². The Hall–Kier alpha value is -2.93. The van der Waals surface area contributed by atoms with E-state index in [2.05, 4.69) is 26.5 Å². The van der Waals surface area contributed by atoms with Gasteiger partial charge in [0.05, 0.1) is 16.4 Å². The molecule has 0 spiro atoms. The number of nitrogens with zero attached hydrogens (tertiary/aromatic N) is 2. The van der Waals surface area contributed by atoms with Gasteiger partial charge in [-0.25, -0.2) is 5.43 Å². The highest BCUT2D eigenvalue weighted by molar-refractivity contribution is 9.10. The maximum Gasteiger partial charge on any atom is 0.260 e. The number of nitrogens with one attached hydrogen (secondary N) is 1. The largest absolute Gasteiger partial charge is 0.459 e. The van der Waals surface area contributed by atoms with E-state index in [1.807, 2.05) is 37.3 Å². The second-order valence-corrected chi connectivity index (χ2v) is 6.77. The summed E-state index contributed by atoms with van der Waals surface area (Å²) in [6.45, 7) is 1.71. The number of aryl methyl sites for hydroxylation is 1. The molecule has 1 aliphatic heterocycles. The van der Waals surface area contributed by atoms with E-state index in [-0.39, 0.29) is 18.4 Å². The standard InChI is InChI=1S/C19H14BrN3O3/c1-11-15(20)8-13(26-11)9-21-22-17(24)10-23-16-7-3-5-12-4-2-6-14(18(12)16)19(23)25/h2-9H,10H2,1H3,(H,22,24)/b21-9+. The summed E-state index contributed by atoms with van der Waals surface area (Å²) in [7, 11) is 0. The van der Waals surface area contributed by atoms with Gasteiger partial charge in [-0.2, -0.15) is 5.10 Å². The number of hydrazone groups is 1. The van der Waals surface area contributed by atoms with E-state index in [4.69, 9.17) is 4.42 Å². The molecule has 2 aromatic carbocycles. The van der Waals surface area contributed by atoms with Gasteiger partial charge in [0.25, 0.3) is 11.8 Å². The number of amides is 2. The van der Waals surface area contributed by atoms with Gasteiger partial charge in [-0.3, -0.25) is 14.5 Å². The molecule has 2 amide bonds. The molecule has 1 N–H and O–H groups in total. The van der Waals surface area contributed by atoms with Crippen molar-refractivity contribution >= 4 is 50.4 Å². The van der Waals surface area contributed by atoms with Crippen molar-refractivity contribution in [3.8, 4) is 0 Å². The molecule has 0 saturated heterocycles. The number of rotatable bonds is 4. The van der Waals surface area contributed by atoms with Gasteiger partial charge >= 0.3 is 0 Å². The van der Waals surface area contributed by atoms with Crippen LogP contribution < -0.4 is 10.3 Å². The molecule has 0 atom stereocenters. The normalized spacial score (nSPS) is 13.2. The maximum atomic E-state index is 12.6. The highest BCUT2D eigenvalue weighted by atomic mass is 79.9. The topological polar surface area (TPSA) is 74.9 Å². The molecule has 0 unspecified atom stereocenters. The molecular weight excluding hydrogens is 398 g/mol. The van der Waals surface area contributed by atoms with E-state index < -0.39 is 0 Å². The van der Waals surface area contributed by atoms with Gasteiger partial charge in [0.1, 0.15) is 18.1 Å². The van der Waals surface area contributed by atoms with Gasteiger partial charge < -0.3 is 4.42 Å². The zero-order valence-electron chi connectivity index (χ0n) is 13.8. The molecule has 130 valence electrons. The fourth-order valence-electron chi connectivity index (χ4n) is 3.03. The Bertz CT molecular complexity index is 1050. The van der Waals surface area contributed by atoms with E-state index >= 15 is 0 Å². The molecule has 0 radical (unpaired) electrons. The van der Waals surface area contributed by atoms with Crippen molar-refractivity contribution in [3.05, 3.63) is 64.0 Å². The first-order valence-corrected chi connectivity index (χ1v) is 8.75. The van der Waals surface area contributed by atoms with Crippen molar-refractivity contribution < 1.29 is 14.0 Å². The number of hydrogen-bond acceptors (Lipinski definition) is 4. The van der Waals surface area contributed by atoms with E-state index in [1.165, 1.54) is 11.1 Å². The van der Waals surface area contributed by atoms with Gasteiger partial charge in [0, 0.05) is 17.0 Å². The Labute approximate surface area is 157 Å². The van der Waals surface area contributed by atoms with E-state index in [1.54, 1.807) is 12.1 Å². The molecule has 7 heteroatoms. The number of carbonyl (C=O) groups is 2. The van der Waals surface area contributed by atoms with Crippen molar-refractivity contribution in [2.75, 3.05) is 11.4 Å². The molecule has 0 bridgehead atoms. The third kappa shape index (κ3) is 2.80. The van der Waals surface area contributed by atoms with E-state index in [9.17, 15) is 9.59 Å². The van der Waals surface area contributed by atoms with Crippen LogP contribution in [0.2, 0.25) is 0 Å². The molecule has 26 heavy (non-hydrogen) atoms. The van der Waals surface area contributed by atoms with Gasteiger partial charge in [0.2, 0.25) is 0 Å². The number of halogens is 1.